The highest BCUT2D eigenvalue weighted by Crippen LogP contribution is 2.29. The quantitative estimate of drug-likeness (QED) is 0.663. The van der Waals surface area contributed by atoms with E-state index in [4.69, 9.17) is 12.2 Å². The average Bonchev–Trinajstić information content (AvgIpc) is 2.87. The largest absolute Gasteiger partial charge is 0.388 e. The zero-order valence-electron chi connectivity index (χ0n) is 12.8. The van der Waals surface area contributed by atoms with Crippen molar-refractivity contribution in [1.82, 2.24) is 4.90 Å². The van der Waals surface area contributed by atoms with Crippen LogP contribution in [0.1, 0.15) is 19.4 Å². The van der Waals surface area contributed by atoms with Crippen molar-refractivity contribution in [1.29, 1.82) is 0 Å². The van der Waals surface area contributed by atoms with Gasteiger partial charge in [0.2, 0.25) is 5.91 Å². The maximum Gasteiger partial charge on any atom is 0.234 e. The fourth-order valence-electron chi connectivity index (χ4n) is 2.50. The lowest BCUT2D eigenvalue weighted by Crippen LogP contribution is -2.45. The predicted octanol–water partition coefficient (Wildman–Crippen LogP) is 3.03. The van der Waals surface area contributed by atoms with Crippen LogP contribution in [0, 0.1) is 5.92 Å². The van der Waals surface area contributed by atoms with Crippen LogP contribution in [0.15, 0.2) is 42.5 Å². The molecule has 0 radical (unpaired) electrons. The van der Waals surface area contributed by atoms with E-state index in [2.05, 4.69) is 12.1 Å². The predicted molar refractivity (Wildman–Crippen MR) is 95.8 cm³/mol. The summed E-state index contributed by atoms with van der Waals surface area (Å²) in [6, 6.07) is 10.2. The molecule has 2 rings (SSSR count). The van der Waals surface area contributed by atoms with E-state index in [9.17, 15) is 9.90 Å². The lowest BCUT2D eigenvalue weighted by Gasteiger charge is -2.27. The van der Waals surface area contributed by atoms with Gasteiger partial charge in [0, 0.05) is 5.75 Å². The van der Waals surface area contributed by atoms with Gasteiger partial charge in [0.05, 0.1) is 18.1 Å². The maximum absolute atomic E-state index is 12.7. The highest BCUT2D eigenvalue weighted by atomic mass is 32.2. The SMILES string of the molecule is C/C=C/[C@@H](O)[C@H](C)C(=O)N1C(=S)SC[C@@H]1Cc1ccccc1. The molecule has 0 bridgehead atoms. The monoisotopic (exact) mass is 335 g/mol. The van der Waals surface area contributed by atoms with Gasteiger partial charge in [-0.15, -0.1) is 0 Å². The molecule has 1 aromatic rings. The van der Waals surface area contributed by atoms with Gasteiger partial charge in [0.15, 0.2) is 0 Å². The Morgan fingerprint density at radius 2 is 2.18 bits per heavy atom. The molecule has 1 fully saturated rings. The summed E-state index contributed by atoms with van der Waals surface area (Å²) in [5, 5.41) is 10.0. The van der Waals surface area contributed by atoms with Gasteiger partial charge in [0.25, 0.3) is 0 Å². The summed E-state index contributed by atoms with van der Waals surface area (Å²) >= 11 is 6.89. The van der Waals surface area contributed by atoms with Gasteiger partial charge in [-0.1, -0.05) is 73.4 Å². The number of hydrogen-bond acceptors (Lipinski definition) is 4. The molecule has 0 unspecified atom stereocenters. The minimum absolute atomic E-state index is 0.0626. The third-order valence-corrected chi connectivity index (χ3v) is 5.35. The first-order valence-corrected chi connectivity index (χ1v) is 8.78. The second kappa shape index (κ2) is 7.90. The summed E-state index contributed by atoms with van der Waals surface area (Å²) in [5.74, 6) is 0.221. The van der Waals surface area contributed by atoms with Crippen molar-refractivity contribution in [2.45, 2.75) is 32.4 Å². The number of allylic oxidation sites excluding steroid dienone is 1. The molecule has 0 saturated carbocycles. The van der Waals surface area contributed by atoms with Gasteiger partial charge in [-0.2, -0.15) is 0 Å². The Morgan fingerprint density at radius 1 is 1.50 bits per heavy atom. The molecule has 0 spiro atoms. The molecule has 0 aromatic heterocycles. The fourth-order valence-corrected chi connectivity index (χ4v) is 3.92. The molecule has 1 heterocycles. The van der Waals surface area contributed by atoms with E-state index >= 15 is 0 Å². The number of carbonyl (C=O) groups is 1. The number of amides is 1. The summed E-state index contributed by atoms with van der Waals surface area (Å²) in [6.45, 7) is 3.58. The van der Waals surface area contributed by atoms with Crippen LogP contribution in [0.3, 0.4) is 0 Å². The number of rotatable bonds is 5. The molecule has 1 aliphatic heterocycles. The molecule has 1 aliphatic rings. The molecule has 1 saturated heterocycles. The molecular formula is C17H21NO2S2. The van der Waals surface area contributed by atoms with Crippen LogP contribution in [0.2, 0.25) is 0 Å². The van der Waals surface area contributed by atoms with Crippen molar-refractivity contribution in [3.8, 4) is 0 Å². The third-order valence-electron chi connectivity index (χ3n) is 3.80. The summed E-state index contributed by atoms with van der Waals surface area (Å²) in [7, 11) is 0. The Labute approximate surface area is 141 Å². The zero-order valence-corrected chi connectivity index (χ0v) is 14.4. The molecule has 5 heteroatoms. The van der Waals surface area contributed by atoms with E-state index in [0.717, 1.165) is 12.2 Å². The van der Waals surface area contributed by atoms with Gasteiger partial charge in [-0.25, -0.2) is 0 Å². The molecule has 22 heavy (non-hydrogen) atoms. The van der Waals surface area contributed by atoms with E-state index < -0.39 is 12.0 Å². The normalized spacial score (nSPS) is 21.3. The summed E-state index contributed by atoms with van der Waals surface area (Å²) < 4.78 is 0.616. The van der Waals surface area contributed by atoms with Crippen LogP contribution in [0.4, 0.5) is 0 Å². The number of hydrogen-bond donors (Lipinski definition) is 1. The number of aliphatic hydroxyl groups excluding tert-OH is 1. The van der Waals surface area contributed by atoms with Crippen LogP contribution in [-0.4, -0.2) is 38.1 Å². The standard InChI is InChI=1S/C17H21NO2S2/c1-3-7-15(19)12(2)16(20)18-14(11-22-17(18)21)10-13-8-5-4-6-9-13/h3-9,12,14-15,19H,10-11H2,1-2H3/b7-3+/t12-,14-,15+/m0/s1. The zero-order chi connectivity index (χ0) is 16.1. The van der Waals surface area contributed by atoms with Crippen molar-refractivity contribution in [3.05, 3.63) is 48.0 Å². The second-order valence-electron chi connectivity index (χ2n) is 5.43. The smallest absolute Gasteiger partial charge is 0.234 e. The molecule has 1 N–H and O–H groups in total. The Hall–Kier alpha value is -1.17. The van der Waals surface area contributed by atoms with E-state index in [0.29, 0.717) is 4.32 Å². The van der Waals surface area contributed by atoms with Crippen LogP contribution in [-0.2, 0) is 11.2 Å². The van der Waals surface area contributed by atoms with Crippen molar-refractivity contribution >= 4 is 34.2 Å². The van der Waals surface area contributed by atoms with Crippen LogP contribution in [0.5, 0.6) is 0 Å². The number of thiocarbonyl (C=S) groups is 1. The van der Waals surface area contributed by atoms with Gasteiger partial charge >= 0.3 is 0 Å². The maximum atomic E-state index is 12.7. The van der Waals surface area contributed by atoms with Gasteiger partial charge in [0.1, 0.15) is 4.32 Å². The molecule has 3 atom stereocenters. The van der Waals surface area contributed by atoms with Crippen molar-refractivity contribution in [2.75, 3.05) is 5.75 Å². The highest BCUT2D eigenvalue weighted by molar-refractivity contribution is 8.23. The number of carbonyl (C=O) groups excluding carboxylic acids is 1. The van der Waals surface area contributed by atoms with Gasteiger partial charge < -0.3 is 5.11 Å². The minimum Gasteiger partial charge on any atom is -0.388 e. The Kier molecular flexibility index (Phi) is 6.17. The van der Waals surface area contributed by atoms with Crippen molar-refractivity contribution in [3.63, 3.8) is 0 Å². The van der Waals surface area contributed by atoms with Gasteiger partial charge in [-0.05, 0) is 18.9 Å². The minimum atomic E-state index is -0.775. The summed E-state index contributed by atoms with van der Waals surface area (Å²) in [5.41, 5.74) is 1.19. The third kappa shape index (κ3) is 3.97. The van der Waals surface area contributed by atoms with E-state index in [1.165, 1.54) is 5.56 Å². The molecule has 3 nitrogen and oxygen atoms in total. The molecular weight excluding hydrogens is 314 g/mol. The number of benzene rings is 1. The van der Waals surface area contributed by atoms with Crippen LogP contribution < -0.4 is 0 Å². The first-order valence-electron chi connectivity index (χ1n) is 7.39. The van der Waals surface area contributed by atoms with E-state index in [1.54, 1.807) is 35.7 Å². The fraction of sp³-hybridized carbons (Fsp3) is 0.412. The lowest BCUT2D eigenvalue weighted by atomic mass is 10.0. The summed E-state index contributed by atoms with van der Waals surface area (Å²) in [4.78, 5) is 14.4. The Bertz CT molecular complexity index is 559. The lowest BCUT2D eigenvalue weighted by molar-refractivity contribution is -0.134. The number of thioether (sulfide) groups is 1. The van der Waals surface area contributed by atoms with E-state index in [1.807, 2.05) is 25.1 Å². The van der Waals surface area contributed by atoms with Crippen molar-refractivity contribution in [2.24, 2.45) is 5.92 Å². The molecule has 118 valence electrons. The highest BCUT2D eigenvalue weighted by Gasteiger charge is 2.37. The first-order chi connectivity index (χ1) is 10.5. The molecule has 1 aromatic carbocycles. The average molecular weight is 335 g/mol. The number of aliphatic hydroxyl groups is 1. The van der Waals surface area contributed by atoms with Crippen molar-refractivity contribution < 1.29 is 9.90 Å². The molecule has 0 aliphatic carbocycles. The Balaban J connectivity index is 2.12. The van der Waals surface area contributed by atoms with Crippen LogP contribution in [0.25, 0.3) is 0 Å². The topological polar surface area (TPSA) is 40.5 Å². The van der Waals surface area contributed by atoms with Gasteiger partial charge in [-0.3, -0.25) is 9.69 Å². The van der Waals surface area contributed by atoms with E-state index in [-0.39, 0.29) is 11.9 Å². The molecule has 1 amide bonds. The Morgan fingerprint density at radius 3 is 2.82 bits per heavy atom. The second-order valence-corrected chi connectivity index (χ2v) is 7.09. The number of nitrogens with zero attached hydrogens (tertiary/aromatic N) is 1. The summed E-state index contributed by atoms with van der Waals surface area (Å²) in [6.07, 6.45) is 3.41. The van der Waals surface area contributed by atoms with Crippen LogP contribution >= 0.6 is 24.0 Å². The first kappa shape index (κ1) is 17.2.